The molecule has 0 radical (unpaired) electrons. The zero-order valence-electron chi connectivity index (χ0n) is 16.9. The average Bonchev–Trinajstić information content (AvgIpc) is 2.76. The maximum Gasteiger partial charge on any atom is 0.411 e. The molecule has 1 heterocycles. The second-order valence-corrected chi connectivity index (χ2v) is 6.60. The first-order valence-corrected chi connectivity index (χ1v) is 9.70. The normalized spacial score (nSPS) is 10.5. The molecule has 0 fully saturated rings. The van der Waals surface area contributed by atoms with Gasteiger partial charge in [-0.1, -0.05) is 30.3 Å². The summed E-state index contributed by atoms with van der Waals surface area (Å²) in [5, 5.41) is 3.08. The molecule has 0 bridgehead atoms. The topological polar surface area (TPSA) is 112 Å². The molecule has 0 aliphatic heterocycles. The molecule has 0 aliphatic carbocycles. The van der Waals surface area contributed by atoms with E-state index in [1.807, 2.05) is 6.07 Å². The molecule has 8 heteroatoms. The molecule has 0 atom stereocenters. The molecule has 2 aromatic carbocycles. The van der Waals surface area contributed by atoms with Gasteiger partial charge < -0.3 is 13.9 Å². The molecular weight excluding hydrogens is 402 g/mol. The Hall–Kier alpha value is -3.94. The SMILES string of the molecule is CCOC(=O)Nc1ccc2c(COC(=O)CCC(=O)c3ccccc3)cc(=O)oc2c1. The lowest BCUT2D eigenvalue weighted by Gasteiger charge is -2.09. The lowest BCUT2D eigenvalue weighted by Crippen LogP contribution is -2.13. The average molecular weight is 423 g/mol. The second kappa shape index (κ2) is 10.2. The number of ketones is 1. The van der Waals surface area contributed by atoms with Crippen molar-refractivity contribution in [2.45, 2.75) is 26.4 Å². The minimum absolute atomic E-state index is 0.0312. The van der Waals surface area contributed by atoms with Gasteiger partial charge in [0.2, 0.25) is 0 Å². The van der Waals surface area contributed by atoms with Crippen molar-refractivity contribution < 1.29 is 28.3 Å². The van der Waals surface area contributed by atoms with E-state index in [0.29, 0.717) is 22.2 Å². The van der Waals surface area contributed by atoms with Gasteiger partial charge in [-0.25, -0.2) is 9.59 Å². The Kier molecular flexibility index (Phi) is 7.16. The van der Waals surface area contributed by atoms with Crippen LogP contribution in [-0.4, -0.2) is 24.5 Å². The van der Waals surface area contributed by atoms with E-state index < -0.39 is 17.7 Å². The van der Waals surface area contributed by atoms with Crippen LogP contribution < -0.4 is 10.9 Å². The Labute approximate surface area is 177 Å². The van der Waals surface area contributed by atoms with E-state index in [1.54, 1.807) is 43.3 Å². The van der Waals surface area contributed by atoms with E-state index in [0.717, 1.165) is 0 Å². The monoisotopic (exact) mass is 423 g/mol. The van der Waals surface area contributed by atoms with E-state index in [1.165, 1.54) is 12.1 Å². The van der Waals surface area contributed by atoms with Crippen LogP contribution >= 0.6 is 0 Å². The van der Waals surface area contributed by atoms with Crippen molar-refractivity contribution in [1.82, 2.24) is 0 Å². The van der Waals surface area contributed by atoms with Gasteiger partial charge in [0.1, 0.15) is 12.2 Å². The van der Waals surface area contributed by atoms with Gasteiger partial charge in [0.05, 0.1) is 13.0 Å². The van der Waals surface area contributed by atoms with Crippen LogP contribution in [0.15, 0.2) is 63.8 Å². The van der Waals surface area contributed by atoms with Crippen LogP contribution in [0, 0.1) is 0 Å². The lowest BCUT2D eigenvalue weighted by molar-refractivity contribution is -0.144. The van der Waals surface area contributed by atoms with Gasteiger partial charge in [0.15, 0.2) is 5.78 Å². The smallest absolute Gasteiger partial charge is 0.411 e. The van der Waals surface area contributed by atoms with Crippen LogP contribution in [0.3, 0.4) is 0 Å². The second-order valence-electron chi connectivity index (χ2n) is 6.60. The van der Waals surface area contributed by atoms with Gasteiger partial charge >= 0.3 is 17.7 Å². The molecule has 1 N–H and O–H groups in total. The predicted molar refractivity (Wildman–Crippen MR) is 113 cm³/mol. The van der Waals surface area contributed by atoms with E-state index in [-0.39, 0.29) is 37.4 Å². The molecule has 0 unspecified atom stereocenters. The van der Waals surface area contributed by atoms with Gasteiger partial charge in [0, 0.05) is 40.8 Å². The Balaban J connectivity index is 1.64. The number of hydrogen-bond donors (Lipinski definition) is 1. The van der Waals surface area contributed by atoms with Crippen LogP contribution in [-0.2, 0) is 20.9 Å². The Morgan fingerprint density at radius 1 is 0.968 bits per heavy atom. The molecule has 160 valence electrons. The van der Waals surface area contributed by atoms with E-state index in [9.17, 15) is 19.2 Å². The van der Waals surface area contributed by atoms with Crippen molar-refractivity contribution in [1.29, 1.82) is 0 Å². The van der Waals surface area contributed by atoms with Crippen molar-refractivity contribution in [3.8, 4) is 0 Å². The van der Waals surface area contributed by atoms with Crippen molar-refractivity contribution >= 4 is 34.5 Å². The number of carbonyl (C=O) groups excluding carboxylic acids is 3. The van der Waals surface area contributed by atoms with Crippen LogP contribution in [0.25, 0.3) is 11.0 Å². The Morgan fingerprint density at radius 3 is 2.48 bits per heavy atom. The number of nitrogens with one attached hydrogen (secondary N) is 1. The Bertz CT molecular complexity index is 1150. The van der Waals surface area contributed by atoms with Crippen LogP contribution in [0.2, 0.25) is 0 Å². The van der Waals surface area contributed by atoms with Crippen molar-refractivity contribution in [3.63, 3.8) is 0 Å². The highest BCUT2D eigenvalue weighted by Gasteiger charge is 2.13. The molecule has 3 aromatic rings. The number of carbonyl (C=O) groups is 3. The molecule has 3 rings (SSSR count). The summed E-state index contributed by atoms with van der Waals surface area (Å²) in [6, 6.07) is 14.7. The molecule has 8 nitrogen and oxygen atoms in total. The van der Waals surface area contributed by atoms with E-state index in [2.05, 4.69) is 5.32 Å². The number of ether oxygens (including phenoxy) is 2. The highest BCUT2D eigenvalue weighted by atomic mass is 16.5. The minimum atomic E-state index is -0.626. The van der Waals surface area contributed by atoms with Crippen LogP contribution in [0.4, 0.5) is 10.5 Å². The zero-order chi connectivity index (χ0) is 22.2. The van der Waals surface area contributed by atoms with Crippen molar-refractivity contribution in [2.75, 3.05) is 11.9 Å². The lowest BCUT2D eigenvalue weighted by atomic mass is 10.1. The number of rotatable bonds is 8. The van der Waals surface area contributed by atoms with E-state index >= 15 is 0 Å². The third-order valence-corrected chi connectivity index (χ3v) is 4.39. The molecule has 0 aliphatic rings. The highest BCUT2D eigenvalue weighted by molar-refractivity contribution is 5.97. The largest absolute Gasteiger partial charge is 0.461 e. The molecule has 31 heavy (non-hydrogen) atoms. The zero-order valence-corrected chi connectivity index (χ0v) is 16.9. The summed E-state index contributed by atoms with van der Waals surface area (Å²) < 4.78 is 15.2. The summed E-state index contributed by atoms with van der Waals surface area (Å²) in [7, 11) is 0. The third kappa shape index (κ3) is 6.02. The van der Waals surface area contributed by atoms with Gasteiger partial charge in [-0.3, -0.25) is 14.9 Å². The number of anilines is 1. The number of amides is 1. The van der Waals surface area contributed by atoms with Crippen LogP contribution in [0.1, 0.15) is 35.7 Å². The summed E-state index contributed by atoms with van der Waals surface area (Å²) in [6.07, 6.45) is -0.663. The number of Topliss-reactive ketones (excluding diaryl/α,β-unsaturated/α-hetero) is 1. The molecule has 1 aromatic heterocycles. The molecule has 0 saturated carbocycles. The predicted octanol–water partition coefficient (Wildman–Crippen LogP) is 4.07. The first-order valence-electron chi connectivity index (χ1n) is 9.70. The Morgan fingerprint density at radius 2 is 1.74 bits per heavy atom. The van der Waals surface area contributed by atoms with E-state index in [4.69, 9.17) is 13.9 Å². The maximum atomic E-state index is 12.1. The maximum absolute atomic E-state index is 12.1. The van der Waals surface area contributed by atoms with Crippen molar-refractivity contribution in [2.24, 2.45) is 0 Å². The standard InChI is InChI=1S/C23H21NO7/c1-2-29-23(28)24-17-8-9-18-16(12-22(27)31-20(18)13-17)14-30-21(26)11-10-19(25)15-6-4-3-5-7-15/h3-9,12-13H,2,10-11,14H2,1H3,(H,24,28). The first kappa shape index (κ1) is 21.8. The quantitative estimate of drug-likeness (QED) is 0.330. The fourth-order valence-corrected chi connectivity index (χ4v) is 2.93. The van der Waals surface area contributed by atoms with Gasteiger partial charge in [0.25, 0.3) is 0 Å². The number of esters is 1. The highest BCUT2D eigenvalue weighted by Crippen LogP contribution is 2.22. The number of hydrogen-bond acceptors (Lipinski definition) is 7. The summed E-state index contributed by atoms with van der Waals surface area (Å²) in [4.78, 5) is 47.6. The molecular formula is C23H21NO7. The summed E-state index contributed by atoms with van der Waals surface area (Å²) >= 11 is 0. The molecule has 0 saturated heterocycles. The summed E-state index contributed by atoms with van der Waals surface area (Å²) in [5.74, 6) is -0.698. The third-order valence-electron chi connectivity index (χ3n) is 4.39. The molecule has 0 spiro atoms. The van der Waals surface area contributed by atoms with Gasteiger partial charge in [-0.05, 0) is 19.1 Å². The fourth-order valence-electron chi connectivity index (χ4n) is 2.93. The van der Waals surface area contributed by atoms with Crippen LogP contribution in [0.5, 0.6) is 0 Å². The fraction of sp³-hybridized carbons (Fsp3) is 0.217. The molecule has 1 amide bonds. The summed E-state index contributed by atoms with van der Waals surface area (Å²) in [5.41, 5.74) is 0.992. The first-order chi connectivity index (χ1) is 15.0. The van der Waals surface area contributed by atoms with Gasteiger partial charge in [-0.2, -0.15) is 0 Å². The van der Waals surface area contributed by atoms with Gasteiger partial charge in [-0.15, -0.1) is 0 Å². The van der Waals surface area contributed by atoms with Crippen molar-refractivity contribution in [3.05, 3.63) is 76.1 Å². The summed E-state index contributed by atoms with van der Waals surface area (Å²) in [6.45, 7) is 1.76. The number of benzene rings is 2. The minimum Gasteiger partial charge on any atom is -0.461 e. The number of fused-ring (bicyclic) bond motifs is 1.